The maximum Gasteiger partial charge on any atom is 0.171 e. The third-order valence-electron chi connectivity index (χ3n) is 1.75. The smallest absolute Gasteiger partial charge is 0.171 e. The molecule has 0 aliphatic carbocycles. The normalized spacial score (nSPS) is 12.5. The fourth-order valence-electron chi connectivity index (χ4n) is 1.01. The lowest BCUT2D eigenvalue weighted by Crippen LogP contribution is -1.97. The first-order valence-corrected chi connectivity index (χ1v) is 3.72. The molecule has 2 N–H and O–H groups in total. The maximum atomic E-state index is 13.1. The molecule has 0 amide bonds. The molecule has 0 saturated heterocycles. The van der Waals surface area contributed by atoms with Gasteiger partial charge in [0.2, 0.25) is 0 Å². The van der Waals surface area contributed by atoms with Crippen molar-refractivity contribution < 1.29 is 19.4 Å². The molecular formula is C9H9FO3. The number of halogens is 1. The number of phenols is 1. The van der Waals surface area contributed by atoms with Crippen molar-refractivity contribution in [3.8, 4) is 5.75 Å². The second-order valence-electron chi connectivity index (χ2n) is 2.70. The molecule has 0 saturated carbocycles. The summed E-state index contributed by atoms with van der Waals surface area (Å²) in [6.07, 6.45) is -0.656. The molecular weight excluding hydrogens is 175 g/mol. The molecule has 1 aromatic rings. The zero-order chi connectivity index (χ0) is 10.0. The van der Waals surface area contributed by atoms with Gasteiger partial charge in [0.1, 0.15) is 0 Å². The van der Waals surface area contributed by atoms with Gasteiger partial charge in [-0.25, -0.2) is 4.39 Å². The largest absolute Gasteiger partial charge is 0.504 e. The maximum absolute atomic E-state index is 13.1. The van der Waals surface area contributed by atoms with E-state index in [-0.39, 0.29) is 11.1 Å². The van der Waals surface area contributed by atoms with Gasteiger partial charge in [-0.1, -0.05) is 6.07 Å². The Labute approximate surface area is 74.4 Å². The zero-order valence-corrected chi connectivity index (χ0v) is 6.99. The first-order valence-electron chi connectivity index (χ1n) is 3.72. The van der Waals surface area contributed by atoms with Crippen LogP contribution >= 0.6 is 0 Å². The number of aldehydes is 1. The van der Waals surface area contributed by atoms with E-state index < -0.39 is 17.7 Å². The first-order chi connectivity index (χ1) is 6.07. The van der Waals surface area contributed by atoms with E-state index in [1.165, 1.54) is 19.1 Å². The molecule has 1 atom stereocenters. The topological polar surface area (TPSA) is 57.5 Å². The third kappa shape index (κ3) is 1.67. The second kappa shape index (κ2) is 3.53. The van der Waals surface area contributed by atoms with Gasteiger partial charge in [0, 0.05) is 5.56 Å². The van der Waals surface area contributed by atoms with Gasteiger partial charge in [0.05, 0.1) is 11.7 Å². The van der Waals surface area contributed by atoms with Crippen molar-refractivity contribution >= 4 is 6.29 Å². The molecule has 13 heavy (non-hydrogen) atoms. The summed E-state index contributed by atoms with van der Waals surface area (Å²) in [4.78, 5) is 10.3. The lowest BCUT2D eigenvalue weighted by atomic mass is 10.1. The van der Waals surface area contributed by atoms with Crippen LogP contribution in [0.15, 0.2) is 12.1 Å². The van der Waals surface area contributed by atoms with Crippen molar-refractivity contribution in [2.24, 2.45) is 0 Å². The van der Waals surface area contributed by atoms with E-state index in [9.17, 15) is 9.18 Å². The summed E-state index contributed by atoms with van der Waals surface area (Å²) < 4.78 is 13.1. The molecule has 0 fully saturated rings. The predicted octanol–water partition coefficient (Wildman–Crippen LogP) is 1.40. The lowest BCUT2D eigenvalue weighted by molar-refractivity contribution is 0.111. The van der Waals surface area contributed by atoms with Crippen molar-refractivity contribution in [3.63, 3.8) is 0 Å². The molecule has 3 nitrogen and oxygen atoms in total. The molecule has 0 spiro atoms. The van der Waals surface area contributed by atoms with Crippen molar-refractivity contribution in [1.29, 1.82) is 0 Å². The number of phenolic OH excluding ortho intramolecular Hbond substituents is 1. The van der Waals surface area contributed by atoms with Crippen LogP contribution in [0.2, 0.25) is 0 Å². The Hall–Kier alpha value is -1.42. The van der Waals surface area contributed by atoms with E-state index in [0.717, 1.165) is 0 Å². The molecule has 1 unspecified atom stereocenters. The SMILES string of the molecule is CC(O)c1ccc(C=O)c(O)c1F. The van der Waals surface area contributed by atoms with Gasteiger partial charge in [-0.05, 0) is 13.0 Å². The van der Waals surface area contributed by atoms with Crippen LogP contribution in [0.25, 0.3) is 0 Å². The van der Waals surface area contributed by atoms with Crippen molar-refractivity contribution in [2.75, 3.05) is 0 Å². The number of hydrogen-bond donors (Lipinski definition) is 2. The molecule has 1 rings (SSSR count). The van der Waals surface area contributed by atoms with Crippen LogP contribution in [0.1, 0.15) is 28.9 Å². The minimum Gasteiger partial charge on any atom is -0.504 e. The summed E-state index contributed by atoms with van der Waals surface area (Å²) in [5.41, 5.74) is -0.148. The summed E-state index contributed by atoms with van der Waals surface area (Å²) in [6, 6.07) is 2.52. The highest BCUT2D eigenvalue weighted by Crippen LogP contribution is 2.26. The number of hydrogen-bond acceptors (Lipinski definition) is 3. The number of aliphatic hydroxyl groups is 1. The Kier molecular flexibility index (Phi) is 2.63. The van der Waals surface area contributed by atoms with Crippen LogP contribution in [0.4, 0.5) is 4.39 Å². The van der Waals surface area contributed by atoms with Gasteiger partial charge in [-0.15, -0.1) is 0 Å². The molecule has 1 aromatic carbocycles. The Balaban J connectivity index is 3.31. The van der Waals surface area contributed by atoms with Gasteiger partial charge in [-0.2, -0.15) is 0 Å². The third-order valence-corrected chi connectivity index (χ3v) is 1.75. The van der Waals surface area contributed by atoms with Gasteiger partial charge in [-0.3, -0.25) is 4.79 Å². The molecule has 0 bridgehead atoms. The Bertz CT molecular complexity index is 334. The van der Waals surface area contributed by atoms with Gasteiger partial charge >= 0.3 is 0 Å². The molecule has 4 heteroatoms. The van der Waals surface area contributed by atoms with Crippen molar-refractivity contribution in [2.45, 2.75) is 13.0 Å². The Morgan fingerprint density at radius 3 is 2.62 bits per heavy atom. The molecule has 0 heterocycles. The van der Waals surface area contributed by atoms with Gasteiger partial charge in [0.15, 0.2) is 17.9 Å². The first kappa shape index (κ1) is 9.67. The van der Waals surface area contributed by atoms with Crippen LogP contribution in [0.3, 0.4) is 0 Å². The molecule has 70 valence electrons. The van der Waals surface area contributed by atoms with Crippen LogP contribution in [-0.4, -0.2) is 16.5 Å². The average Bonchev–Trinajstić information content (AvgIpc) is 2.09. The number of aliphatic hydroxyl groups excluding tert-OH is 1. The lowest BCUT2D eigenvalue weighted by Gasteiger charge is -2.08. The zero-order valence-electron chi connectivity index (χ0n) is 6.99. The summed E-state index contributed by atoms with van der Waals surface area (Å²) in [7, 11) is 0. The number of benzene rings is 1. The minimum absolute atomic E-state index is 0.0249. The highest BCUT2D eigenvalue weighted by molar-refractivity contribution is 5.79. The van der Waals surface area contributed by atoms with Crippen LogP contribution < -0.4 is 0 Å². The van der Waals surface area contributed by atoms with Crippen LogP contribution in [0.5, 0.6) is 5.75 Å². The monoisotopic (exact) mass is 184 g/mol. The number of carbonyl (C=O) groups is 1. The highest BCUT2D eigenvalue weighted by atomic mass is 19.1. The summed E-state index contributed by atoms with van der Waals surface area (Å²) >= 11 is 0. The van der Waals surface area contributed by atoms with Crippen LogP contribution in [-0.2, 0) is 0 Å². The minimum atomic E-state index is -1.01. The second-order valence-corrected chi connectivity index (χ2v) is 2.70. The fraction of sp³-hybridized carbons (Fsp3) is 0.222. The van der Waals surface area contributed by atoms with Crippen LogP contribution in [0, 0.1) is 5.82 Å². The van der Waals surface area contributed by atoms with Gasteiger partial charge < -0.3 is 10.2 Å². The summed E-state index contributed by atoms with van der Waals surface area (Å²) in [6.45, 7) is 1.37. The Morgan fingerprint density at radius 1 is 1.54 bits per heavy atom. The van der Waals surface area contributed by atoms with E-state index in [2.05, 4.69) is 0 Å². The van der Waals surface area contributed by atoms with E-state index in [0.29, 0.717) is 6.29 Å². The molecule has 0 radical (unpaired) electrons. The quantitative estimate of drug-likeness (QED) is 0.683. The predicted molar refractivity (Wildman–Crippen MR) is 44.1 cm³/mol. The Morgan fingerprint density at radius 2 is 2.15 bits per heavy atom. The molecule has 0 aliphatic rings. The number of rotatable bonds is 2. The van der Waals surface area contributed by atoms with E-state index in [1.54, 1.807) is 0 Å². The van der Waals surface area contributed by atoms with E-state index >= 15 is 0 Å². The van der Waals surface area contributed by atoms with Gasteiger partial charge in [0.25, 0.3) is 0 Å². The standard InChI is InChI=1S/C9H9FO3/c1-5(12)7-3-2-6(4-11)9(13)8(7)10/h2-5,12-13H,1H3. The van der Waals surface area contributed by atoms with E-state index in [4.69, 9.17) is 10.2 Å². The number of carbonyl (C=O) groups excluding carboxylic acids is 1. The summed E-state index contributed by atoms with van der Waals surface area (Å²) in [5.74, 6) is -1.66. The van der Waals surface area contributed by atoms with E-state index in [1.807, 2.05) is 0 Å². The van der Waals surface area contributed by atoms with Crippen molar-refractivity contribution in [3.05, 3.63) is 29.1 Å². The molecule has 0 aromatic heterocycles. The van der Waals surface area contributed by atoms with Crippen molar-refractivity contribution in [1.82, 2.24) is 0 Å². The summed E-state index contributed by atoms with van der Waals surface area (Å²) in [5, 5.41) is 18.2. The fourth-order valence-corrected chi connectivity index (χ4v) is 1.01. The number of aromatic hydroxyl groups is 1. The average molecular weight is 184 g/mol. The molecule has 0 aliphatic heterocycles. The highest BCUT2D eigenvalue weighted by Gasteiger charge is 2.14.